The molecule has 0 aromatic heterocycles. The third-order valence-electron chi connectivity index (χ3n) is 4.13. The Balaban J connectivity index is 1.63. The minimum Gasteiger partial charge on any atom is -0.305 e. The Morgan fingerprint density at radius 1 is 0.667 bits per heavy atom. The first-order valence-electron chi connectivity index (χ1n) is 8.35. The average Bonchev–Trinajstić information content (AvgIpc) is 2.86. The summed E-state index contributed by atoms with van der Waals surface area (Å²) in [6, 6.07) is 0. The van der Waals surface area contributed by atoms with Crippen LogP contribution in [-0.2, 0) is 0 Å². The Morgan fingerprint density at radius 3 is 1.50 bits per heavy atom. The molecule has 0 aliphatic carbocycles. The molecule has 2 heterocycles. The van der Waals surface area contributed by atoms with Gasteiger partial charge in [0.05, 0.1) is 0 Å². The zero-order valence-corrected chi connectivity index (χ0v) is 17.8. The number of nitrogens with zero attached hydrogens (tertiary/aromatic N) is 4. The first kappa shape index (κ1) is 20.6. The van der Waals surface area contributed by atoms with Gasteiger partial charge in [0.2, 0.25) is 0 Å². The molecule has 2 aliphatic heterocycles. The standard InChI is InChI=1S/C14H28N6S4/c1-17-5-3-7-19(11-9-17)15-13(21)23-24-14(22)16-20-8-4-6-18(2)10-12-20/h3-12H2,1-2H3,(H,15,21)(H,16,22). The summed E-state index contributed by atoms with van der Waals surface area (Å²) in [6.45, 7) is 8.46. The lowest BCUT2D eigenvalue weighted by atomic mass is 10.4. The zero-order valence-electron chi connectivity index (χ0n) is 14.5. The van der Waals surface area contributed by atoms with Crippen molar-refractivity contribution in [1.82, 2.24) is 30.7 Å². The van der Waals surface area contributed by atoms with E-state index >= 15 is 0 Å². The first-order valence-corrected chi connectivity index (χ1v) is 11.3. The quantitative estimate of drug-likeness (QED) is 0.514. The summed E-state index contributed by atoms with van der Waals surface area (Å²) < 4.78 is 1.54. The maximum Gasteiger partial charge on any atom is 0.159 e. The number of hydrogen-bond donors (Lipinski definition) is 2. The molecule has 0 amide bonds. The van der Waals surface area contributed by atoms with Crippen molar-refractivity contribution in [3.05, 3.63) is 0 Å². The van der Waals surface area contributed by atoms with Crippen LogP contribution in [-0.4, -0.2) is 94.9 Å². The van der Waals surface area contributed by atoms with E-state index in [0.29, 0.717) is 0 Å². The molecule has 0 saturated carbocycles. The van der Waals surface area contributed by atoms with Crippen molar-refractivity contribution in [1.29, 1.82) is 0 Å². The topological polar surface area (TPSA) is 37.0 Å². The van der Waals surface area contributed by atoms with Crippen LogP contribution in [0, 0.1) is 0 Å². The Bertz CT molecular complexity index is 386. The van der Waals surface area contributed by atoms with Crippen LogP contribution in [0.4, 0.5) is 0 Å². The van der Waals surface area contributed by atoms with E-state index in [9.17, 15) is 0 Å². The van der Waals surface area contributed by atoms with Gasteiger partial charge in [-0.3, -0.25) is 0 Å². The molecular weight excluding hydrogens is 380 g/mol. The van der Waals surface area contributed by atoms with Gasteiger partial charge in [0.15, 0.2) is 8.64 Å². The fraction of sp³-hybridized carbons (Fsp3) is 0.857. The Labute approximate surface area is 164 Å². The van der Waals surface area contributed by atoms with Gasteiger partial charge in [-0.2, -0.15) is 0 Å². The molecule has 24 heavy (non-hydrogen) atoms. The summed E-state index contributed by atoms with van der Waals surface area (Å²) in [7, 11) is 7.37. The molecule has 2 rings (SSSR count). The summed E-state index contributed by atoms with van der Waals surface area (Å²) in [6.07, 6.45) is 2.32. The van der Waals surface area contributed by atoms with Crippen LogP contribution in [0.3, 0.4) is 0 Å². The average molecular weight is 409 g/mol. The van der Waals surface area contributed by atoms with Crippen molar-refractivity contribution in [2.24, 2.45) is 0 Å². The molecule has 0 aromatic carbocycles. The molecule has 2 fully saturated rings. The van der Waals surface area contributed by atoms with E-state index in [1.165, 1.54) is 21.6 Å². The van der Waals surface area contributed by atoms with Gasteiger partial charge in [-0.05, 0) is 61.6 Å². The number of nitrogens with one attached hydrogen (secondary N) is 2. The second kappa shape index (κ2) is 11.1. The predicted octanol–water partition coefficient (Wildman–Crippen LogP) is 1.22. The van der Waals surface area contributed by atoms with Crippen molar-refractivity contribution < 1.29 is 0 Å². The molecule has 0 aromatic rings. The number of likely N-dealkylation sites (N-methyl/N-ethyl adjacent to an activating group) is 2. The van der Waals surface area contributed by atoms with Gasteiger partial charge in [-0.15, -0.1) is 0 Å². The largest absolute Gasteiger partial charge is 0.305 e. The fourth-order valence-corrected chi connectivity index (χ4v) is 4.72. The molecule has 138 valence electrons. The number of thiocarbonyl (C=S) groups is 2. The van der Waals surface area contributed by atoms with Gasteiger partial charge in [-0.25, -0.2) is 10.0 Å². The molecule has 0 atom stereocenters. The molecule has 0 bridgehead atoms. The molecule has 6 nitrogen and oxygen atoms in total. The van der Waals surface area contributed by atoms with E-state index in [1.807, 2.05) is 0 Å². The van der Waals surface area contributed by atoms with Crippen LogP contribution in [0.25, 0.3) is 0 Å². The lowest BCUT2D eigenvalue weighted by molar-refractivity contribution is 0.244. The van der Waals surface area contributed by atoms with Crippen LogP contribution in [0.2, 0.25) is 0 Å². The van der Waals surface area contributed by atoms with Gasteiger partial charge in [0.1, 0.15) is 0 Å². The van der Waals surface area contributed by atoms with E-state index in [0.717, 1.165) is 73.8 Å². The summed E-state index contributed by atoms with van der Waals surface area (Å²) in [5.41, 5.74) is 6.65. The van der Waals surface area contributed by atoms with E-state index in [2.05, 4.69) is 44.8 Å². The van der Waals surface area contributed by atoms with Crippen molar-refractivity contribution in [3.63, 3.8) is 0 Å². The molecule has 0 radical (unpaired) electrons. The summed E-state index contributed by atoms with van der Waals surface area (Å²) >= 11 is 10.9. The number of rotatable bonds is 2. The van der Waals surface area contributed by atoms with Gasteiger partial charge < -0.3 is 20.7 Å². The highest BCUT2D eigenvalue weighted by atomic mass is 33.1. The maximum absolute atomic E-state index is 5.44. The molecule has 0 unspecified atom stereocenters. The molecule has 2 saturated heterocycles. The van der Waals surface area contributed by atoms with Gasteiger partial charge >= 0.3 is 0 Å². The fourth-order valence-electron chi connectivity index (χ4n) is 2.69. The van der Waals surface area contributed by atoms with Crippen molar-refractivity contribution in [2.45, 2.75) is 12.8 Å². The Hall–Kier alpha value is 0.320. The third-order valence-corrected chi connectivity index (χ3v) is 7.27. The first-order chi connectivity index (χ1) is 11.5. The van der Waals surface area contributed by atoms with Crippen LogP contribution in [0.15, 0.2) is 0 Å². The highest BCUT2D eigenvalue weighted by Crippen LogP contribution is 2.23. The van der Waals surface area contributed by atoms with E-state index in [4.69, 9.17) is 24.4 Å². The molecule has 0 spiro atoms. The number of hydrazine groups is 2. The zero-order chi connectivity index (χ0) is 17.4. The second-order valence-corrected chi connectivity index (χ2v) is 9.74. The summed E-state index contributed by atoms with van der Waals surface area (Å²) in [5, 5.41) is 4.42. The van der Waals surface area contributed by atoms with E-state index in [1.54, 1.807) is 0 Å². The second-order valence-electron chi connectivity index (χ2n) is 6.25. The smallest absolute Gasteiger partial charge is 0.159 e. The Morgan fingerprint density at radius 2 is 1.08 bits per heavy atom. The maximum atomic E-state index is 5.44. The van der Waals surface area contributed by atoms with Gasteiger partial charge in [0.25, 0.3) is 0 Å². The minimum atomic E-state index is 0.768. The van der Waals surface area contributed by atoms with E-state index < -0.39 is 0 Å². The third kappa shape index (κ3) is 8.13. The highest BCUT2D eigenvalue weighted by Gasteiger charge is 2.15. The highest BCUT2D eigenvalue weighted by molar-refractivity contribution is 8.89. The lowest BCUT2D eigenvalue weighted by Crippen LogP contribution is -2.43. The molecule has 2 aliphatic rings. The molecular formula is C14H28N6S4. The monoisotopic (exact) mass is 408 g/mol. The SMILES string of the molecule is CN1CCCN(NC(=S)SSC(=S)NN2CCCN(C)CC2)CC1. The van der Waals surface area contributed by atoms with Crippen molar-refractivity contribution in [3.8, 4) is 0 Å². The minimum absolute atomic E-state index is 0.768. The van der Waals surface area contributed by atoms with Crippen LogP contribution in [0.1, 0.15) is 12.8 Å². The van der Waals surface area contributed by atoms with Crippen molar-refractivity contribution >= 4 is 54.7 Å². The Kier molecular flexibility index (Phi) is 9.56. The van der Waals surface area contributed by atoms with Crippen LogP contribution in [0.5, 0.6) is 0 Å². The van der Waals surface area contributed by atoms with Crippen molar-refractivity contribution in [2.75, 3.05) is 66.5 Å². The van der Waals surface area contributed by atoms with E-state index in [-0.39, 0.29) is 0 Å². The lowest BCUT2D eigenvalue weighted by Gasteiger charge is -2.23. The van der Waals surface area contributed by atoms with Crippen LogP contribution < -0.4 is 10.9 Å². The predicted molar refractivity (Wildman–Crippen MR) is 114 cm³/mol. The summed E-state index contributed by atoms with van der Waals surface area (Å²) in [4.78, 5) is 4.70. The van der Waals surface area contributed by atoms with Gasteiger partial charge in [-0.1, -0.05) is 24.4 Å². The molecule has 2 N–H and O–H groups in total. The van der Waals surface area contributed by atoms with Crippen LogP contribution >= 0.6 is 46.0 Å². The van der Waals surface area contributed by atoms with Gasteiger partial charge in [0, 0.05) is 39.3 Å². The molecule has 10 heteroatoms. The normalized spacial score (nSPS) is 22.6. The number of hydrogen-bond acceptors (Lipinski definition) is 8. The summed E-state index contributed by atoms with van der Waals surface area (Å²) in [5.74, 6) is 0.